The fourth-order valence-corrected chi connectivity index (χ4v) is 9.59. The molecule has 0 aliphatic heterocycles. The summed E-state index contributed by atoms with van der Waals surface area (Å²) in [5.41, 5.74) is 15.4. The Kier molecular flexibility index (Phi) is 8.94. The summed E-state index contributed by atoms with van der Waals surface area (Å²) in [5, 5.41) is 0. The number of nitrogens with zero attached hydrogens (tertiary/aromatic N) is 6. The molecule has 1 aliphatic carbocycles. The summed E-state index contributed by atoms with van der Waals surface area (Å²) in [6.45, 7) is 0. The first kappa shape index (κ1) is 37.2. The van der Waals surface area contributed by atoms with Crippen molar-refractivity contribution in [2.45, 2.75) is 5.41 Å². The molecule has 0 unspecified atom stereocenters. The number of hydrogen-bond donors (Lipinski definition) is 0. The predicted molar refractivity (Wildman–Crippen MR) is 257 cm³/mol. The van der Waals surface area contributed by atoms with Crippen molar-refractivity contribution in [2.75, 3.05) is 0 Å². The standard InChI is InChI=1S/C58H38N6/c1-4-17-41(18-5-1)54-61-55(42-32-30-39(31-33-42)40-34-36-45(37-35-40)64-52-29-13-12-27-50(52)60-57(64)51-28-14-15-38-59-51)63-56(62-54)47-24-16-26-49-53(47)46-23-10-11-25-48(46)58(49,43-19-6-2-7-20-43)44-21-8-3-9-22-44/h1-38H. The molecule has 3 aromatic heterocycles. The lowest BCUT2D eigenvalue weighted by atomic mass is 9.67. The zero-order chi connectivity index (χ0) is 42.5. The van der Waals surface area contributed by atoms with Crippen LogP contribution in [-0.4, -0.2) is 29.5 Å². The Morgan fingerprint density at radius 2 is 0.891 bits per heavy atom. The van der Waals surface area contributed by atoms with Gasteiger partial charge in [0, 0.05) is 28.6 Å². The predicted octanol–water partition coefficient (Wildman–Crippen LogP) is 13.3. The topological polar surface area (TPSA) is 69.4 Å². The summed E-state index contributed by atoms with van der Waals surface area (Å²) in [4.78, 5) is 25.3. The van der Waals surface area contributed by atoms with Gasteiger partial charge in [0.15, 0.2) is 23.3 Å². The average molecular weight is 819 g/mol. The Morgan fingerprint density at radius 3 is 1.58 bits per heavy atom. The van der Waals surface area contributed by atoms with Gasteiger partial charge < -0.3 is 0 Å². The molecule has 0 N–H and O–H groups in total. The first-order chi connectivity index (χ1) is 31.7. The van der Waals surface area contributed by atoms with Crippen molar-refractivity contribution in [1.82, 2.24) is 29.5 Å². The molecular weight excluding hydrogens is 781 g/mol. The van der Waals surface area contributed by atoms with Crippen LogP contribution in [-0.2, 0) is 5.41 Å². The van der Waals surface area contributed by atoms with E-state index in [0.717, 1.165) is 61.6 Å². The van der Waals surface area contributed by atoms with Crippen LogP contribution in [0.15, 0.2) is 231 Å². The van der Waals surface area contributed by atoms with E-state index in [1.54, 1.807) is 6.20 Å². The number of rotatable bonds is 8. The van der Waals surface area contributed by atoms with E-state index in [4.69, 9.17) is 19.9 Å². The van der Waals surface area contributed by atoms with Crippen molar-refractivity contribution in [2.24, 2.45) is 0 Å². The van der Waals surface area contributed by atoms with Crippen LogP contribution in [0.3, 0.4) is 0 Å². The van der Waals surface area contributed by atoms with Gasteiger partial charge in [-0.05, 0) is 80.9 Å². The molecule has 0 saturated heterocycles. The van der Waals surface area contributed by atoms with E-state index < -0.39 is 5.41 Å². The van der Waals surface area contributed by atoms with Crippen molar-refractivity contribution in [3.05, 3.63) is 253 Å². The largest absolute Gasteiger partial charge is 0.291 e. The van der Waals surface area contributed by atoms with Crippen molar-refractivity contribution < 1.29 is 0 Å². The average Bonchev–Trinajstić information content (AvgIpc) is 3.92. The first-order valence-corrected chi connectivity index (χ1v) is 21.5. The van der Waals surface area contributed by atoms with Gasteiger partial charge in [-0.25, -0.2) is 19.9 Å². The third kappa shape index (κ3) is 6.07. The van der Waals surface area contributed by atoms with Gasteiger partial charge in [0.1, 0.15) is 5.69 Å². The van der Waals surface area contributed by atoms with Crippen molar-refractivity contribution in [3.63, 3.8) is 0 Å². The maximum Gasteiger partial charge on any atom is 0.164 e. The number of benzene rings is 8. The van der Waals surface area contributed by atoms with Crippen LogP contribution in [0.25, 0.3) is 84.7 Å². The summed E-state index contributed by atoms with van der Waals surface area (Å²) >= 11 is 0. The minimum atomic E-state index is -0.537. The van der Waals surface area contributed by atoms with E-state index in [1.165, 1.54) is 27.8 Å². The quantitative estimate of drug-likeness (QED) is 0.153. The first-order valence-electron chi connectivity index (χ1n) is 21.5. The van der Waals surface area contributed by atoms with Crippen LogP contribution < -0.4 is 0 Å². The van der Waals surface area contributed by atoms with Crippen LogP contribution in [0.5, 0.6) is 0 Å². The lowest BCUT2D eigenvalue weighted by Crippen LogP contribution is -2.28. The Morgan fingerprint density at radius 1 is 0.359 bits per heavy atom. The van der Waals surface area contributed by atoms with E-state index >= 15 is 0 Å². The van der Waals surface area contributed by atoms with Gasteiger partial charge in [0.2, 0.25) is 0 Å². The second-order valence-electron chi connectivity index (χ2n) is 16.0. The molecule has 0 fully saturated rings. The van der Waals surface area contributed by atoms with Crippen LogP contribution >= 0.6 is 0 Å². The molecule has 300 valence electrons. The van der Waals surface area contributed by atoms with Crippen LogP contribution in [0.1, 0.15) is 22.3 Å². The lowest BCUT2D eigenvalue weighted by Gasteiger charge is -2.33. The summed E-state index contributed by atoms with van der Waals surface area (Å²) in [5.74, 6) is 2.67. The van der Waals surface area contributed by atoms with Crippen molar-refractivity contribution in [3.8, 4) is 73.6 Å². The number of fused-ring (bicyclic) bond motifs is 4. The molecule has 6 nitrogen and oxygen atoms in total. The maximum atomic E-state index is 5.31. The molecule has 0 spiro atoms. The normalized spacial score (nSPS) is 12.5. The Balaban J connectivity index is 0.962. The fourth-order valence-electron chi connectivity index (χ4n) is 9.59. The molecule has 0 bridgehead atoms. The molecular formula is C58H38N6. The number of para-hydroxylation sites is 2. The molecule has 3 heterocycles. The fraction of sp³-hybridized carbons (Fsp3) is 0.0172. The minimum Gasteiger partial charge on any atom is -0.291 e. The van der Waals surface area contributed by atoms with Crippen LogP contribution in [0.2, 0.25) is 0 Å². The molecule has 64 heavy (non-hydrogen) atoms. The number of pyridine rings is 1. The Labute approximate surface area is 371 Å². The summed E-state index contributed by atoms with van der Waals surface area (Å²) in [6.07, 6.45) is 1.81. The molecule has 11 aromatic rings. The van der Waals surface area contributed by atoms with Gasteiger partial charge in [-0.2, -0.15) is 0 Å². The molecule has 1 aliphatic rings. The highest BCUT2D eigenvalue weighted by molar-refractivity contribution is 5.94. The molecule has 12 rings (SSSR count). The second kappa shape index (κ2) is 15.4. The number of imidazole rings is 1. The van der Waals surface area contributed by atoms with Crippen molar-refractivity contribution in [1.29, 1.82) is 0 Å². The minimum absolute atomic E-state index is 0.537. The third-order valence-electron chi connectivity index (χ3n) is 12.4. The van der Waals surface area contributed by atoms with Gasteiger partial charge >= 0.3 is 0 Å². The van der Waals surface area contributed by atoms with E-state index in [1.807, 2.05) is 54.6 Å². The van der Waals surface area contributed by atoms with E-state index in [-0.39, 0.29) is 0 Å². The van der Waals surface area contributed by atoms with Gasteiger partial charge in [-0.1, -0.05) is 188 Å². The number of hydrogen-bond acceptors (Lipinski definition) is 5. The van der Waals surface area contributed by atoms with Gasteiger partial charge in [0.25, 0.3) is 0 Å². The summed E-state index contributed by atoms with van der Waals surface area (Å²) < 4.78 is 2.18. The Hall–Kier alpha value is -8.61. The van der Waals surface area contributed by atoms with Crippen molar-refractivity contribution >= 4 is 11.0 Å². The van der Waals surface area contributed by atoms with Gasteiger partial charge in [-0.3, -0.25) is 9.55 Å². The monoisotopic (exact) mass is 818 g/mol. The Bertz CT molecular complexity index is 3420. The highest BCUT2D eigenvalue weighted by Gasteiger charge is 2.47. The van der Waals surface area contributed by atoms with E-state index in [9.17, 15) is 0 Å². The zero-order valence-corrected chi connectivity index (χ0v) is 34.6. The van der Waals surface area contributed by atoms with Crippen LogP contribution in [0, 0.1) is 0 Å². The van der Waals surface area contributed by atoms with E-state index in [0.29, 0.717) is 17.5 Å². The zero-order valence-electron chi connectivity index (χ0n) is 34.6. The summed E-state index contributed by atoms with van der Waals surface area (Å²) in [6, 6.07) is 78.6. The molecule has 0 amide bonds. The molecule has 0 atom stereocenters. The molecule has 0 radical (unpaired) electrons. The molecule has 6 heteroatoms. The smallest absolute Gasteiger partial charge is 0.164 e. The van der Waals surface area contributed by atoms with Gasteiger partial charge in [0.05, 0.1) is 16.4 Å². The summed E-state index contributed by atoms with van der Waals surface area (Å²) in [7, 11) is 0. The highest BCUT2D eigenvalue weighted by Crippen LogP contribution is 2.58. The van der Waals surface area contributed by atoms with Gasteiger partial charge in [-0.15, -0.1) is 0 Å². The lowest BCUT2D eigenvalue weighted by molar-refractivity contribution is 0.768. The molecule has 0 saturated carbocycles. The highest BCUT2D eigenvalue weighted by atomic mass is 15.1. The maximum absolute atomic E-state index is 5.31. The second-order valence-corrected chi connectivity index (χ2v) is 16.0. The molecule has 8 aromatic carbocycles. The van der Waals surface area contributed by atoms with Crippen LogP contribution in [0.4, 0.5) is 0 Å². The third-order valence-corrected chi connectivity index (χ3v) is 12.4. The van der Waals surface area contributed by atoms with E-state index in [2.05, 4.69) is 179 Å². The SMILES string of the molecule is c1ccc(-c2nc(-c3ccc(-c4ccc(-n5c(-c6ccccn6)nc6ccccc65)cc4)cc3)nc(-c3cccc4c3-c3ccccc3C4(c3ccccc3)c3ccccc3)n2)cc1. The number of aromatic nitrogens is 6.